The fourth-order valence-corrected chi connectivity index (χ4v) is 2.68. The summed E-state index contributed by atoms with van der Waals surface area (Å²) in [6, 6.07) is 17.8. The number of hydrogen-bond acceptors (Lipinski definition) is 3. The van der Waals surface area contributed by atoms with E-state index in [1.807, 2.05) is 67.2 Å². The molecule has 0 saturated heterocycles. The molecule has 0 atom stereocenters. The molecule has 3 N–H and O–H groups in total. The van der Waals surface area contributed by atoms with E-state index >= 15 is 0 Å². The van der Waals surface area contributed by atoms with Gasteiger partial charge in [0.15, 0.2) is 5.96 Å². The largest absolute Gasteiger partial charge is 0.491 e. The summed E-state index contributed by atoms with van der Waals surface area (Å²) in [7, 11) is 0. The minimum absolute atomic E-state index is 0.150. The van der Waals surface area contributed by atoms with Crippen LogP contribution in [0.25, 0.3) is 0 Å². The molecule has 3 rings (SSSR count). The highest BCUT2D eigenvalue weighted by Gasteiger charge is 2.04. The highest BCUT2D eigenvalue weighted by molar-refractivity contribution is 5.92. The predicted molar refractivity (Wildman–Crippen MR) is 109 cm³/mol. The molecule has 1 heterocycles. The van der Waals surface area contributed by atoms with Gasteiger partial charge in [-0.2, -0.15) is 5.10 Å². The second-order valence-electron chi connectivity index (χ2n) is 6.49. The molecule has 0 fully saturated rings. The number of ether oxygens (including phenoxy) is 1. The van der Waals surface area contributed by atoms with Gasteiger partial charge in [-0.1, -0.05) is 24.3 Å². The molecule has 6 heteroatoms. The van der Waals surface area contributed by atoms with Gasteiger partial charge in [0.25, 0.3) is 0 Å². The lowest BCUT2D eigenvalue weighted by atomic mass is 10.1. The van der Waals surface area contributed by atoms with Crippen molar-refractivity contribution >= 4 is 11.6 Å². The number of nitrogens with two attached hydrogens (primary N) is 1. The maximum absolute atomic E-state index is 6.05. The van der Waals surface area contributed by atoms with Gasteiger partial charge in [-0.15, -0.1) is 0 Å². The van der Waals surface area contributed by atoms with E-state index in [1.165, 1.54) is 5.56 Å². The number of aromatic nitrogens is 2. The molecule has 0 aliphatic rings. The van der Waals surface area contributed by atoms with Crippen LogP contribution < -0.4 is 15.8 Å². The zero-order valence-corrected chi connectivity index (χ0v) is 15.7. The lowest BCUT2D eigenvalue weighted by molar-refractivity contribution is 0.242. The highest BCUT2D eigenvalue weighted by atomic mass is 16.5. The Labute approximate surface area is 159 Å². The molecule has 140 valence electrons. The van der Waals surface area contributed by atoms with Crippen molar-refractivity contribution in [2.24, 2.45) is 10.7 Å². The first-order valence-electron chi connectivity index (χ1n) is 8.98. The molecule has 0 amide bonds. The summed E-state index contributed by atoms with van der Waals surface area (Å²) in [4.78, 5) is 4.47. The van der Waals surface area contributed by atoms with Crippen molar-refractivity contribution in [3.8, 4) is 5.75 Å². The number of nitrogens with zero attached hydrogens (tertiary/aromatic N) is 3. The SMILES string of the molecule is CC(C)Oc1ccc(NC(N)=NCc2ccccc2Cn2cccn2)cc1. The van der Waals surface area contributed by atoms with Crippen molar-refractivity contribution in [2.45, 2.75) is 33.0 Å². The Hall–Kier alpha value is -3.28. The number of anilines is 1. The van der Waals surface area contributed by atoms with Gasteiger partial charge in [-0.05, 0) is 55.3 Å². The third-order valence-electron chi connectivity index (χ3n) is 3.93. The van der Waals surface area contributed by atoms with Gasteiger partial charge < -0.3 is 15.8 Å². The summed E-state index contributed by atoms with van der Waals surface area (Å²) < 4.78 is 7.53. The van der Waals surface area contributed by atoms with E-state index in [0.29, 0.717) is 19.0 Å². The standard InChI is InChI=1S/C21H25N5O/c1-16(2)27-20-10-8-19(9-11-20)25-21(22)23-14-17-6-3-4-7-18(17)15-26-13-5-12-24-26/h3-13,16H,14-15H2,1-2H3,(H3,22,23,25). The number of guanidine groups is 1. The number of hydrogen-bond donors (Lipinski definition) is 2. The van der Waals surface area contributed by atoms with Crippen LogP contribution in [-0.4, -0.2) is 21.8 Å². The molecule has 0 unspecified atom stereocenters. The molecular weight excluding hydrogens is 338 g/mol. The predicted octanol–water partition coefficient (Wildman–Crippen LogP) is 3.65. The number of nitrogens with one attached hydrogen (secondary N) is 1. The average Bonchev–Trinajstić information content (AvgIpc) is 3.15. The van der Waals surface area contributed by atoms with Gasteiger partial charge in [-0.25, -0.2) is 4.99 Å². The second kappa shape index (κ2) is 8.89. The molecule has 1 aromatic heterocycles. The Morgan fingerprint density at radius 1 is 1.11 bits per heavy atom. The first-order valence-corrected chi connectivity index (χ1v) is 8.98. The van der Waals surface area contributed by atoms with Crippen LogP contribution in [0.5, 0.6) is 5.75 Å². The normalized spacial score (nSPS) is 11.6. The molecule has 2 aromatic carbocycles. The Kier molecular flexibility index (Phi) is 6.10. The zero-order valence-electron chi connectivity index (χ0n) is 15.7. The molecule has 0 aliphatic heterocycles. The van der Waals surface area contributed by atoms with Crippen LogP contribution in [-0.2, 0) is 13.1 Å². The average molecular weight is 363 g/mol. The van der Waals surface area contributed by atoms with Crippen molar-refractivity contribution < 1.29 is 4.74 Å². The molecule has 0 bridgehead atoms. The van der Waals surface area contributed by atoms with Gasteiger partial charge in [0.1, 0.15) is 5.75 Å². The maximum atomic E-state index is 6.05. The third-order valence-corrected chi connectivity index (χ3v) is 3.93. The van der Waals surface area contributed by atoms with E-state index in [-0.39, 0.29) is 6.10 Å². The fourth-order valence-electron chi connectivity index (χ4n) is 2.68. The van der Waals surface area contributed by atoms with Crippen molar-refractivity contribution in [1.82, 2.24) is 9.78 Å². The smallest absolute Gasteiger partial charge is 0.193 e. The van der Waals surface area contributed by atoms with Crippen molar-refractivity contribution in [1.29, 1.82) is 0 Å². The van der Waals surface area contributed by atoms with Crippen LogP contribution >= 0.6 is 0 Å². The van der Waals surface area contributed by atoms with Crippen molar-refractivity contribution in [3.05, 3.63) is 78.1 Å². The monoisotopic (exact) mass is 363 g/mol. The number of benzene rings is 2. The van der Waals surface area contributed by atoms with Crippen LogP contribution in [0.3, 0.4) is 0 Å². The first-order chi connectivity index (χ1) is 13.1. The summed E-state index contributed by atoms with van der Waals surface area (Å²) in [6.07, 6.45) is 3.88. The fraction of sp³-hybridized carbons (Fsp3) is 0.238. The third kappa shape index (κ3) is 5.60. The first kappa shape index (κ1) is 18.5. The minimum atomic E-state index is 0.150. The number of aliphatic imine (C=N–C) groups is 1. The van der Waals surface area contributed by atoms with E-state index in [1.54, 1.807) is 6.20 Å². The quantitative estimate of drug-likeness (QED) is 0.496. The zero-order chi connectivity index (χ0) is 19.1. The van der Waals surface area contributed by atoms with E-state index in [9.17, 15) is 0 Å². The summed E-state index contributed by atoms with van der Waals surface area (Å²) in [6.45, 7) is 5.22. The number of rotatable bonds is 7. The summed E-state index contributed by atoms with van der Waals surface area (Å²) in [5, 5.41) is 7.37. The molecule has 0 saturated carbocycles. The van der Waals surface area contributed by atoms with E-state index in [2.05, 4.69) is 27.5 Å². The van der Waals surface area contributed by atoms with Gasteiger partial charge >= 0.3 is 0 Å². The molecule has 27 heavy (non-hydrogen) atoms. The van der Waals surface area contributed by atoms with Crippen molar-refractivity contribution in [2.75, 3.05) is 5.32 Å². The Morgan fingerprint density at radius 2 is 1.85 bits per heavy atom. The van der Waals surface area contributed by atoms with Gasteiger partial charge in [0.05, 0.1) is 19.2 Å². The van der Waals surface area contributed by atoms with Crippen LogP contribution in [0.2, 0.25) is 0 Å². The summed E-state index contributed by atoms with van der Waals surface area (Å²) in [5.41, 5.74) is 9.22. The van der Waals surface area contributed by atoms with Gasteiger partial charge in [-0.3, -0.25) is 4.68 Å². The van der Waals surface area contributed by atoms with Crippen molar-refractivity contribution in [3.63, 3.8) is 0 Å². The molecule has 0 spiro atoms. The highest BCUT2D eigenvalue weighted by Crippen LogP contribution is 2.17. The van der Waals surface area contributed by atoms with E-state index in [0.717, 1.165) is 17.0 Å². The lowest BCUT2D eigenvalue weighted by Gasteiger charge is -2.11. The molecule has 3 aromatic rings. The summed E-state index contributed by atoms with van der Waals surface area (Å²) in [5.74, 6) is 1.21. The molecule has 0 aliphatic carbocycles. The topological polar surface area (TPSA) is 77.5 Å². The molecular formula is C21H25N5O. The summed E-state index contributed by atoms with van der Waals surface area (Å²) >= 11 is 0. The van der Waals surface area contributed by atoms with Gasteiger partial charge in [0.2, 0.25) is 0 Å². The maximum Gasteiger partial charge on any atom is 0.193 e. The Bertz CT molecular complexity index is 870. The van der Waals surface area contributed by atoms with Crippen LogP contribution in [0.1, 0.15) is 25.0 Å². The molecule has 6 nitrogen and oxygen atoms in total. The van der Waals surface area contributed by atoms with Gasteiger partial charge in [0, 0.05) is 18.1 Å². The van der Waals surface area contributed by atoms with Crippen LogP contribution in [0, 0.1) is 0 Å². The van der Waals surface area contributed by atoms with Crippen LogP contribution in [0.15, 0.2) is 72.0 Å². The Balaban J connectivity index is 1.62. The Morgan fingerprint density at radius 3 is 2.52 bits per heavy atom. The molecule has 0 radical (unpaired) electrons. The minimum Gasteiger partial charge on any atom is -0.491 e. The second-order valence-corrected chi connectivity index (χ2v) is 6.49. The van der Waals surface area contributed by atoms with Crippen LogP contribution in [0.4, 0.5) is 5.69 Å². The van der Waals surface area contributed by atoms with E-state index in [4.69, 9.17) is 10.5 Å². The lowest BCUT2D eigenvalue weighted by Crippen LogP contribution is -2.22. The van der Waals surface area contributed by atoms with E-state index < -0.39 is 0 Å².